The third-order valence-electron chi connectivity index (χ3n) is 3.35. The zero-order chi connectivity index (χ0) is 15.4. The van der Waals surface area contributed by atoms with Gasteiger partial charge in [-0.15, -0.1) is 0 Å². The number of nitrogens with zero attached hydrogens (tertiary/aromatic N) is 3. The fraction of sp³-hybridized carbons (Fsp3) is 0.312. The van der Waals surface area contributed by atoms with E-state index in [0.717, 1.165) is 0 Å². The molecule has 0 saturated carbocycles. The van der Waals surface area contributed by atoms with E-state index in [1.165, 1.54) is 6.20 Å². The number of nitriles is 1. The predicted molar refractivity (Wildman–Crippen MR) is 79.8 cm³/mol. The van der Waals surface area contributed by atoms with Crippen molar-refractivity contribution in [1.29, 1.82) is 5.26 Å². The van der Waals surface area contributed by atoms with E-state index in [-0.39, 0.29) is 23.1 Å². The topological polar surface area (TPSA) is 77.2 Å². The van der Waals surface area contributed by atoms with Gasteiger partial charge in [0.05, 0.1) is 29.3 Å². The van der Waals surface area contributed by atoms with Crippen molar-refractivity contribution in [2.45, 2.75) is 13.8 Å². The molecule has 2 rings (SSSR count). The third kappa shape index (κ3) is 2.95. The molecule has 0 unspecified atom stereocenters. The van der Waals surface area contributed by atoms with E-state index in [9.17, 15) is 9.90 Å². The van der Waals surface area contributed by atoms with Crippen LogP contribution in [0.2, 0.25) is 0 Å². The van der Waals surface area contributed by atoms with Gasteiger partial charge in [0.15, 0.2) is 0 Å². The third-order valence-corrected chi connectivity index (χ3v) is 3.35. The summed E-state index contributed by atoms with van der Waals surface area (Å²) in [6.07, 6.45) is 1.29. The molecule has 0 radical (unpaired) electrons. The van der Waals surface area contributed by atoms with Crippen LogP contribution in [0.1, 0.15) is 24.2 Å². The van der Waals surface area contributed by atoms with Gasteiger partial charge >= 0.3 is 0 Å². The number of carbonyl (C=O) groups is 1. The largest absolute Gasteiger partial charge is 0.505 e. The lowest BCUT2D eigenvalue weighted by Crippen LogP contribution is -2.34. The highest BCUT2D eigenvalue weighted by Crippen LogP contribution is 2.26. The van der Waals surface area contributed by atoms with Gasteiger partial charge in [-0.3, -0.25) is 9.78 Å². The average Bonchev–Trinajstić information content (AvgIpc) is 2.51. The first-order valence-corrected chi connectivity index (χ1v) is 6.84. The number of hydrogen-bond acceptors (Lipinski definition) is 4. The Balaban J connectivity index is 2.47. The molecule has 5 nitrogen and oxygen atoms in total. The highest BCUT2D eigenvalue weighted by Gasteiger charge is 2.22. The van der Waals surface area contributed by atoms with Crippen molar-refractivity contribution in [3.8, 4) is 11.8 Å². The van der Waals surface area contributed by atoms with E-state index < -0.39 is 0 Å². The summed E-state index contributed by atoms with van der Waals surface area (Å²) in [7, 11) is 0. The van der Waals surface area contributed by atoms with E-state index in [1.54, 1.807) is 30.0 Å². The molecule has 2 aromatic rings. The smallest absolute Gasteiger partial charge is 0.258 e. The normalized spacial score (nSPS) is 11.9. The van der Waals surface area contributed by atoms with E-state index >= 15 is 0 Å². The Morgan fingerprint density at radius 2 is 2.19 bits per heavy atom. The summed E-state index contributed by atoms with van der Waals surface area (Å²) in [5, 5.41) is 19.6. The molecule has 0 fully saturated rings. The van der Waals surface area contributed by atoms with Gasteiger partial charge in [-0.2, -0.15) is 5.26 Å². The van der Waals surface area contributed by atoms with Gasteiger partial charge in [-0.25, -0.2) is 0 Å². The average molecular weight is 283 g/mol. The summed E-state index contributed by atoms with van der Waals surface area (Å²) >= 11 is 0. The van der Waals surface area contributed by atoms with Crippen molar-refractivity contribution < 1.29 is 9.90 Å². The number of aromatic nitrogens is 1. The minimum atomic E-state index is -0.282. The molecule has 1 amide bonds. The molecule has 1 N–H and O–H groups in total. The SMILES string of the molecule is CCN(C[C@H](C)C#N)C(=O)c1c(O)cnc2ccccc12. The van der Waals surface area contributed by atoms with E-state index in [2.05, 4.69) is 11.1 Å². The molecule has 5 heteroatoms. The minimum Gasteiger partial charge on any atom is -0.505 e. The van der Waals surface area contributed by atoms with Crippen LogP contribution in [0, 0.1) is 17.2 Å². The first kappa shape index (κ1) is 14.8. The Morgan fingerprint density at radius 3 is 2.86 bits per heavy atom. The number of hydrogen-bond donors (Lipinski definition) is 1. The second kappa shape index (κ2) is 6.23. The van der Waals surface area contributed by atoms with E-state index in [4.69, 9.17) is 5.26 Å². The molecule has 1 aromatic heterocycles. The highest BCUT2D eigenvalue weighted by atomic mass is 16.3. The van der Waals surface area contributed by atoms with Crippen LogP contribution in [-0.4, -0.2) is 34.0 Å². The van der Waals surface area contributed by atoms with Gasteiger partial charge in [-0.05, 0) is 19.9 Å². The molecule has 1 atom stereocenters. The number of para-hydroxylation sites is 1. The van der Waals surface area contributed by atoms with Crippen molar-refractivity contribution in [3.63, 3.8) is 0 Å². The maximum Gasteiger partial charge on any atom is 0.258 e. The monoisotopic (exact) mass is 283 g/mol. The Morgan fingerprint density at radius 1 is 1.48 bits per heavy atom. The lowest BCUT2D eigenvalue weighted by Gasteiger charge is -2.23. The van der Waals surface area contributed by atoms with Crippen molar-refractivity contribution in [2.75, 3.05) is 13.1 Å². The molecule has 0 bridgehead atoms. The Labute approximate surface area is 123 Å². The Bertz CT molecular complexity index is 706. The zero-order valence-corrected chi connectivity index (χ0v) is 12.1. The quantitative estimate of drug-likeness (QED) is 0.935. The van der Waals surface area contributed by atoms with Crippen LogP contribution in [0.25, 0.3) is 10.9 Å². The van der Waals surface area contributed by atoms with Gasteiger partial charge in [0.2, 0.25) is 0 Å². The summed E-state index contributed by atoms with van der Waals surface area (Å²) in [4.78, 5) is 18.4. The summed E-state index contributed by atoms with van der Waals surface area (Å²) in [6, 6.07) is 9.30. The number of rotatable bonds is 4. The first-order valence-electron chi connectivity index (χ1n) is 6.84. The second-order valence-corrected chi connectivity index (χ2v) is 4.91. The van der Waals surface area contributed by atoms with Crippen LogP contribution in [-0.2, 0) is 0 Å². The summed E-state index contributed by atoms with van der Waals surface area (Å²) in [5.74, 6) is -0.679. The van der Waals surface area contributed by atoms with Crippen molar-refractivity contribution in [1.82, 2.24) is 9.88 Å². The molecule has 108 valence electrons. The number of carbonyl (C=O) groups excluding carboxylic acids is 1. The van der Waals surface area contributed by atoms with Crippen LogP contribution < -0.4 is 0 Å². The molecule has 1 heterocycles. The number of aromatic hydroxyl groups is 1. The maximum atomic E-state index is 12.7. The van der Waals surface area contributed by atoms with Crippen molar-refractivity contribution in [3.05, 3.63) is 36.0 Å². The van der Waals surface area contributed by atoms with Gasteiger partial charge < -0.3 is 10.0 Å². The van der Waals surface area contributed by atoms with Gasteiger partial charge in [-0.1, -0.05) is 18.2 Å². The van der Waals surface area contributed by atoms with Gasteiger partial charge in [0, 0.05) is 18.5 Å². The first-order chi connectivity index (χ1) is 10.1. The fourth-order valence-electron chi connectivity index (χ4n) is 2.24. The van der Waals surface area contributed by atoms with Gasteiger partial charge in [0.25, 0.3) is 5.91 Å². The molecule has 21 heavy (non-hydrogen) atoms. The fourth-order valence-corrected chi connectivity index (χ4v) is 2.24. The van der Waals surface area contributed by atoms with Crippen LogP contribution in [0.5, 0.6) is 5.75 Å². The summed E-state index contributed by atoms with van der Waals surface area (Å²) < 4.78 is 0. The Kier molecular flexibility index (Phi) is 4.39. The number of fused-ring (bicyclic) bond motifs is 1. The number of benzene rings is 1. The highest BCUT2D eigenvalue weighted by molar-refractivity contribution is 6.08. The van der Waals surface area contributed by atoms with E-state index in [1.807, 2.05) is 13.0 Å². The van der Waals surface area contributed by atoms with Crippen molar-refractivity contribution in [2.24, 2.45) is 5.92 Å². The molecule has 0 aliphatic rings. The molecular weight excluding hydrogens is 266 g/mol. The van der Waals surface area contributed by atoms with E-state index in [0.29, 0.717) is 24.0 Å². The predicted octanol–water partition coefficient (Wildman–Crippen LogP) is 2.56. The molecule has 0 aliphatic carbocycles. The molecule has 0 spiro atoms. The number of amides is 1. The molecular formula is C16H17N3O2. The lowest BCUT2D eigenvalue weighted by atomic mass is 10.1. The maximum absolute atomic E-state index is 12.7. The van der Waals surface area contributed by atoms with Crippen molar-refractivity contribution >= 4 is 16.8 Å². The Hall–Kier alpha value is -2.61. The summed E-state index contributed by atoms with van der Waals surface area (Å²) in [5.41, 5.74) is 0.899. The lowest BCUT2D eigenvalue weighted by molar-refractivity contribution is 0.0751. The second-order valence-electron chi connectivity index (χ2n) is 4.91. The molecule has 1 aromatic carbocycles. The van der Waals surface area contributed by atoms with Crippen LogP contribution >= 0.6 is 0 Å². The molecule has 0 saturated heterocycles. The molecule has 0 aliphatic heterocycles. The zero-order valence-electron chi connectivity index (χ0n) is 12.1. The van der Waals surface area contributed by atoms with Crippen LogP contribution in [0.15, 0.2) is 30.5 Å². The van der Waals surface area contributed by atoms with Crippen LogP contribution in [0.3, 0.4) is 0 Å². The van der Waals surface area contributed by atoms with Gasteiger partial charge in [0.1, 0.15) is 5.75 Å². The van der Waals surface area contributed by atoms with Crippen LogP contribution in [0.4, 0.5) is 0 Å². The standard InChI is InChI=1S/C16H17N3O2/c1-3-19(10-11(2)8-17)16(21)15-12-6-4-5-7-13(12)18-9-14(15)20/h4-7,9,11,20H,3,10H2,1-2H3/t11-/m1/s1. The minimum absolute atomic E-state index is 0.137. The number of pyridine rings is 1. The summed E-state index contributed by atoms with van der Waals surface area (Å²) in [6.45, 7) is 4.42.